The van der Waals surface area contributed by atoms with Crippen molar-refractivity contribution in [3.63, 3.8) is 0 Å². The summed E-state index contributed by atoms with van der Waals surface area (Å²) < 4.78 is 19.7. The molecule has 0 bridgehead atoms. The number of carbonyl (C=O) groups excluding carboxylic acids is 1. The zero-order valence-electron chi connectivity index (χ0n) is 7.10. The van der Waals surface area contributed by atoms with E-state index in [1.807, 2.05) is 0 Å². The highest BCUT2D eigenvalue weighted by molar-refractivity contribution is 7.84. The third kappa shape index (κ3) is 1.98. The molecule has 1 aromatic rings. The Kier molecular flexibility index (Phi) is 2.10. The molecule has 0 spiro atoms. The highest BCUT2D eigenvalue weighted by Crippen LogP contribution is 2.00. The predicted molar refractivity (Wildman–Crippen MR) is 43.4 cm³/mol. The smallest absolute Gasteiger partial charge is 0.141 e. The molecule has 1 aromatic heterocycles. The van der Waals surface area contributed by atoms with Gasteiger partial charge in [-0.1, -0.05) is 10.7 Å². The molecule has 0 aliphatic carbocycles. The van der Waals surface area contributed by atoms with E-state index in [1.54, 1.807) is 0 Å². The average Bonchev–Trinajstić information content (AvgIpc) is 2.35. The van der Waals surface area contributed by atoms with E-state index in [1.165, 1.54) is 23.3 Å². The van der Waals surface area contributed by atoms with Crippen LogP contribution in [0, 0.1) is 0 Å². The molecule has 0 radical (unpaired) electrons. The fraction of sp³-hybridized carbons (Fsp3) is 0.333. The third-order valence-corrected chi connectivity index (χ3v) is 2.20. The van der Waals surface area contributed by atoms with Gasteiger partial charge in [-0.05, 0) is 6.26 Å². The van der Waals surface area contributed by atoms with Gasteiger partial charge in [0.1, 0.15) is 7.41 Å². The Morgan fingerprint density at radius 2 is 2.73 bits per heavy atom. The lowest BCUT2D eigenvalue weighted by Crippen LogP contribution is -1.98. The summed E-state index contributed by atoms with van der Waals surface area (Å²) in [6.45, 7) is 0.139. The maximum Gasteiger partial charge on any atom is 0.141 e. The van der Waals surface area contributed by atoms with E-state index in [-0.39, 0.29) is 6.54 Å². The normalized spacial score (nSPS) is 14.1. The lowest BCUT2D eigenvalue weighted by atomic mass is 10.7. The summed E-state index contributed by atoms with van der Waals surface area (Å²) in [6.07, 6.45) is 4.86. The summed E-state index contributed by atoms with van der Waals surface area (Å²) in [5.74, 6) is 0. The van der Waals surface area contributed by atoms with Gasteiger partial charge < -0.3 is 4.79 Å². The molecule has 5 heteroatoms. The van der Waals surface area contributed by atoms with E-state index >= 15 is 0 Å². The monoisotopic (exact) mass is 175 g/mol. The molecular weight excluding hydrogens is 164 g/mol. The van der Waals surface area contributed by atoms with Gasteiger partial charge in [0.05, 0.1) is 12.7 Å². The summed E-state index contributed by atoms with van der Waals surface area (Å²) in [5.41, 5.74) is 0. The molecule has 0 amide bonds. The molecule has 1 heterocycles. The van der Waals surface area contributed by atoms with Crippen LogP contribution in [-0.2, 0) is 22.0 Å². The highest BCUT2D eigenvalue weighted by Gasteiger charge is 1.96. The minimum absolute atomic E-state index is 0.139. The van der Waals surface area contributed by atoms with Crippen molar-refractivity contribution in [1.29, 1.82) is 1.12 Å². The number of aromatic nitrogens is 2. The Balaban J connectivity index is 2.91. The van der Waals surface area contributed by atoms with Gasteiger partial charge in [0, 0.05) is 11.1 Å². The Bertz CT molecular complexity index is 330. The van der Waals surface area contributed by atoms with E-state index in [0.29, 0.717) is 11.2 Å². The van der Waals surface area contributed by atoms with Crippen LogP contribution in [0.15, 0.2) is 17.3 Å². The number of aldehydes is 1. The first-order chi connectivity index (χ1) is 5.54. The van der Waals surface area contributed by atoms with Crippen LogP contribution in [0.5, 0.6) is 0 Å². The molecule has 4 nitrogen and oxygen atoms in total. The van der Waals surface area contributed by atoms with Crippen LogP contribution in [0.1, 0.15) is 0 Å². The Morgan fingerprint density at radius 3 is 3.18 bits per heavy atom. The Labute approximate surface area is 67.8 Å². The van der Waals surface area contributed by atoms with Gasteiger partial charge >= 0.3 is 0 Å². The first-order valence-corrected chi connectivity index (χ1v) is 4.81. The molecule has 11 heavy (non-hydrogen) atoms. The molecule has 0 fully saturated rings. The van der Waals surface area contributed by atoms with Crippen LogP contribution in [-0.4, -0.2) is 27.7 Å². The largest absolute Gasteiger partial charge is 0.301 e. The molecule has 0 saturated carbocycles. The fourth-order valence-electron chi connectivity index (χ4n) is 0.691. The quantitative estimate of drug-likeness (QED) is 0.570. The predicted octanol–water partition coefficient (Wildman–Crippen LogP) is -0.716. The molecule has 0 unspecified atom stereocenters. The minimum Gasteiger partial charge on any atom is -0.301 e. The number of rotatable bonds is 3. The van der Waals surface area contributed by atoms with Crippen molar-refractivity contribution in [2.45, 2.75) is 11.4 Å². The summed E-state index contributed by atoms with van der Waals surface area (Å²) in [4.78, 5) is 10.4. The number of carbonyl (C=O) groups is 1. The van der Waals surface area contributed by atoms with E-state index < -0.39 is 10.7 Å². The molecule has 0 aromatic carbocycles. The Hall–Kier alpha value is -0.970. The lowest BCUT2D eigenvalue weighted by Gasteiger charge is -1.91. The molecule has 1 rings (SSSR count). The first-order valence-electron chi connectivity index (χ1n) is 3.55. The van der Waals surface area contributed by atoms with Gasteiger partial charge in [-0.2, -0.15) is 5.10 Å². The van der Waals surface area contributed by atoms with Gasteiger partial charge in [0.2, 0.25) is 0 Å². The van der Waals surface area contributed by atoms with Crippen molar-refractivity contribution in [3.05, 3.63) is 12.4 Å². The maximum absolute atomic E-state index is 11.2. The number of hydrogen-bond donors (Lipinski definition) is 0. The Morgan fingerprint density at radius 1 is 2.00 bits per heavy atom. The molecule has 62 valence electrons. The maximum atomic E-state index is 11.2. The lowest BCUT2D eigenvalue weighted by molar-refractivity contribution is -0.108. The van der Waals surface area contributed by atoms with Gasteiger partial charge in [0.25, 0.3) is 0 Å². The molecule has 0 saturated heterocycles. The first kappa shape index (κ1) is 6.72. The van der Waals surface area contributed by atoms with Crippen molar-refractivity contribution < 1.29 is 9.00 Å². The summed E-state index contributed by atoms with van der Waals surface area (Å²) in [6, 6.07) is 0. The zero-order chi connectivity index (χ0) is 9.19. The van der Waals surface area contributed by atoms with Crippen molar-refractivity contribution >= 4 is 17.0 Å². The second-order valence-corrected chi connectivity index (χ2v) is 3.60. The molecule has 0 aliphatic heterocycles. The van der Waals surface area contributed by atoms with Gasteiger partial charge in [0.15, 0.2) is 0 Å². The molecule has 0 atom stereocenters. The van der Waals surface area contributed by atoms with Crippen molar-refractivity contribution in [2.24, 2.45) is 0 Å². The van der Waals surface area contributed by atoms with Crippen molar-refractivity contribution in [3.8, 4) is 0 Å². The van der Waals surface area contributed by atoms with Crippen molar-refractivity contribution in [1.82, 2.24) is 9.78 Å². The van der Waals surface area contributed by atoms with E-state index in [9.17, 15) is 9.00 Å². The summed E-state index contributed by atoms with van der Waals surface area (Å²) in [7, 11) is -2.97. The van der Waals surface area contributed by atoms with E-state index in [2.05, 4.69) is 5.10 Å². The molecule has 0 aliphatic rings. The second-order valence-electron chi connectivity index (χ2n) is 2.08. The summed E-state index contributed by atoms with van der Waals surface area (Å²) >= 11 is 0. The summed E-state index contributed by atoms with van der Waals surface area (Å²) in [5, 5.41) is 3.77. The molecule has 0 N–H and O–H groups in total. The SMILES string of the molecule is [2H][SH](C)(=O)c1cnn(CC=O)c1. The van der Waals surface area contributed by atoms with Crippen LogP contribution in [0.4, 0.5) is 0 Å². The zero-order valence-corrected chi connectivity index (χ0v) is 6.99. The van der Waals surface area contributed by atoms with Gasteiger partial charge in [-0.3, -0.25) is 8.89 Å². The topological polar surface area (TPSA) is 52.0 Å². The number of nitrogens with zero attached hydrogens (tertiary/aromatic N) is 2. The standard InChI is InChI=1S/C6H10N2O2S/c1-11(10)6-4-7-8(5-6)2-3-9/h3-5H,2,11H2,1H3/i11D. The van der Waals surface area contributed by atoms with Gasteiger partial charge in [-0.15, -0.1) is 0 Å². The molecular formula is C6H10N2O2S. The van der Waals surface area contributed by atoms with Crippen LogP contribution in [0.3, 0.4) is 0 Å². The third-order valence-electron chi connectivity index (χ3n) is 1.24. The minimum atomic E-state index is -2.97. The van der Waals surface area contributed by atoms with E-state index in [0.717, 1.165) is 0 Å². The van der Waals surface area contributed by atoms with Crippen LogP contribution < -0.4 is 0 Å². The van der Waals surface area contributed by atoms with Crippen LogP contribution >= 0.6 is 0 Å². The van der Waals surface area contributed by atoms with Crippen LogP contribution in [0.25, 0.3) is 0 Å². The highest BCUT2D eigenvalue weighted by atomic mass is 32.2. The fourth-order valence-corrected chi connectivity index (χ4v) is 1.20. The second kappa shape index (κ2) is 3.43. The van der Waals surface area contributed by atoms with Crippen LogP contribution in [0.2, 0.25) is 0 Å². The van der Waals surface area contributed by atoms with Crippen molar-refractivity contribution in [2.75, 3.05) is 6.26 Å². The van der Waals surface area contributed by atoms with Gasteiger partial charge in [-0.25, -0.2) is 0 Å². The average molecular weight is 175 g/mol. The van der Waals surface area contributed by atoms with E-state index in [4.69, 9.17) is 1.12 Å². The number of hydrogen-bond acceptors (Lipinski definition) is 3.